The van der Waals surface area contributed by atoms with Crippen LogP contribution in [0.25, 0.3) is 0 Å². The maximum absolute atomic E-state index is 12.2. The molecule has 0 radical (unpaired) electrons. The van der Waals surface area contributed by atoms with Crippen LogP contribution >= 0.6 is 11.6 Å². The van der Waals surface area contributed by atoms with Crippen LogP contribution in [0.15, 0.2) is 48.5 Å². The molecule has 0 bridgehead atoms. The molecule has 1 aliphatic carbocycles. The molecule has 4 nitrogen and oxygen atoms in total. The van der Waals surface area contributed by atoms with E-state index in [1.807, 2.05) is 24.3 Å². The van der Waals surface area contributed by atoms with Crippen molar-refractivity contribution in [1.82, 2.24) is 0 Å². The number of anilines is 1. The second-order valence-electron chi connectivity index (χ2n) is 6.96. The van der Waals surface area contributed by atoms with Crippen molar-refractivity contribution in [2.45, 2.75) is 38.0 Å². The molecular formula is C21H23ClN2O2. The van der Waals surface area contributed by atoms with Crippen LogP contribution < -0.4 is 11.1 Å². The Bertz CT molecular complexity index is 764. The maximum atomic E-state index is 12.2. The fraction of sp³-hybridized carbons (Fsp3) is 0.333. The number of halogens is 1. The molecule has 1 fully saturated rings. The van der Waals surface area contributed by atoms with Gasteiger partial charge in [-0.15, -0.1) is 0 Å². The highest BCUT2D eigenvalue weighted by Gasteiger charge is 2.24. The molecule has 0 heterocycles. The highest BCUT2D eigenvalue weighted by molar-refractivity contribution is 6.30. The molecule has 1 saturated carbocycles. The van der Waals surface area contributed by atoms with Crippen LogP contribution in [0.1, 0.15) is 53.9 Å². The lowest BCUT2D eigenvalue weighted by Gasteiger charge is -2.28. The summed E-state index contributed by atoms with van der Waals surface area (Å²) in [6, 6.07) is 14.8. The lowest BCUT2D eigenvalue weighted by molar-refractivity contribution is -0.117. The van der Waals surface area contributed by atoms with E-state index in [9.17, 15) is 9.59 Å². The number of rotatable bonds is 5. The number of nitrogens with one attached hydrogen (secondary N) is 1. The average molecular weight is 371 g/mol. The highest BCUT2D eigenvalue weighted by Crippen LogP contribution is 2.37. The zero-order chi connectivity index (χ0) is 18.5. The molecule has 2 aromatic carbocycles. The van der Waals surface area contributed by atoms with Crippen LogP contribution in [0.5, 0.6) is 0 Å². The van der Waals surface area contributed by atoms with Crippen molar-refractivity contribution >= 4 is 29.1 Å². The first kappa shape index (κ1) is 18.5. The number of primary amides is 1. The van der Waals surface area contributed by atoms with Crippen LogP contribution in [0, 0.1) is 5.92 Å². The second-order valence-corrected chi connectivity index (χ2v) is 7.40. The smallest absolute Gasteiger partial charge is 0.248 e. The Kier molecular flexibility index (Phi) is 5.94. The Labute approximate surface area is 158 Å². The predicted molar refractivity (Wildman–Crippen MR) is 104 cm³/mol. The van der Waals surface area contributed by atoms with E-state index in [0.717, 1.165) is 31.4 Å². The maximum Gasteiger partial charge on any atom is 0.248 e. The summed E-state index contributed by atoms with van der Waals surface area (Å²) >= 11 is 5.86. The van der Waals surface area contributed by atoms with Gasteiger partial charge in [-0.25, -0.2) is 0 Å². The molecule has 0 saturated heterocycles. The Morgan fingerprint density at radius 2 is 1.58 bits per heavy atom. The summed E-state index contributed by atoms with van der Waals surface area (Å²) in [7, 11) is 0. The quantitative estimate of drug-likeness (QED) is 0.797. The minimum atomic E-state index is -0.396. The van der Waals surface area contributed by atoms with E-state index in [1.165, 1.54) is 5.56 Å². The summed E-state index contributed by atoms with van der Waals surface area (Å²) in [5, 5.41) is 3.59. The van der Waals surface area contributed by atoms with Gasteiger partial charge in [0.1, 0.15) is 0 Å². The zero-order valence-electron chi connectivity index (χ0n) is 14.6. The van der Waals surface area contributed by atoms with Crippen LogP contribution in [0.4, 0.5) is 5.69 Å². The minimum absolute atomic E-state index is 0.0570. The molecule has 3 rings (SSSR count). The summed E-state index contributed by atoms with van der Waals surface area (Å²) < 4.78 is 0. The Morgan fingerprint density at radius 3 is 2.15 bits per heavy atom. The van der Waals surface area contributed by atoms with Crippen molar-refractivity contribution in [3.8, 4) is 0 Å². The van der Waals surface area contributed by atoms with E-state index >= 15 is 0 Å². The van der Waals surface area contributed by atoms with Gasteiger partial charge in [-0.05, 0) is 79.5 Å². The zero-order valence-corrected chi connectivity index (χ0v) is 15.3. The average Bonchev–Trinajstić information content (AvgIpc) is 2.64. The Hall–Kier alpha value is -2.33. The minimum Gasteiger partial charge on any atom is -0.366 e. The van der Waals surface area contributed by atoms with E-state index < -0.39 is 5.91 Å². The fourth-order valence-electron chi connectivity index (χ4n) is 3.63. The molecule has 0 spiro atoms. The first-order valence-electron chi connectivity index (χ1n) is 8.96. The topological polar surface area (TPSA) is 72.2 Å². The summed E-state index contributed by atoms with van der Waals surface area (Å²) in [4.78, 5) is 23.4. The Morgan fingerprint density at radius 1 is 0.962 bits per heavy atom. The van der Waals surface area contributed by atoms with Gasteiger partial charge in [0.2, 0.25) is 11.8 Å². The summed E-state index contributed by atoms with van der Waals surface area (Å²) in [6.45, 7) is 0. The van der Waals surface area contributed by atoms with Gasteiger partial charge in [0.25, 0.3) is 0 Å². The molecule has 2 aromatic rings. The van der Waals surface area contributed by atoms with Gasteiger partial charge in [0, 0.05) is 22.7 Å². The molecule has 3 N–H and O–H groups in total. The summed E-state index contributed by atoms with van der Waals surface area (Å²) in [5.74, 6) is 0.574. The van der Waals surface area contributed by atoms with E-state index in [2.05, 4.69) is 5.32 Å². The van der Waals surface area contributed by atoms with Crippen LogP contribution in [0.3, 0.4) is 0 Å². The monoisotopic (exact) mass is 370 g/mol. The van der Waals surface area contributed by atoms with Crippen molar-refractivity contribution in [3.63, 3.8) is 0 Å². The molecule has 0 unspecified atom stereocenters. The van der Waals surface area contributed by atoms with Crippen molar-refractivity contribution in [3.05, 3.63) is 64.7 Å². The van der Waals surface area contributed by atoms with Crippen LogP contribution in [-0.2, 0) is 4.79 Å². The number of nitrogens with two attached hydrogens (primary N) is 1. The number of carbonyl (C=O) groups is 2. The molecule has 26 heavy (non-hydrogen) atoms. The van der Waals surface area contributed by atoms with E-state index in [0.29, 0.717) is 28.8 Å². The van der Waals surface area contributed by atoms with Crippen LogP contribution in [0.2, 0.25) is 5.02 Å². The third-order valence-corrected chi connectivity index (χ3v) is 5.37. The lowest BCUT2D eigenvalue weighted by Crippen LogP contribution is -2.20. The fourth-order valence-corrected chi connectivity index (χ4v) is 3.75. The lowest BCUT2D eigenvalue weighted by atomic mass is 9.77. The van der Waals surface area contributed by atoms with E-state index in [-0.39, 0.29) is 5.91 Å². The van der Waals surface area contributed by atoms with Crippen molar-refractivity contribution < 1.29 is 9.59 Å². The van der Waals surface area contributed by atoms with Crippen LogP contribution in [-0.4, -0.2) is 11.8 Å². The third kappa shape index (κ3) is 4.85. The van der Waals surface area contributed by atoms with Gasteiger partial charge in [0.05, 0.1) is 0 Å². The van der Waals surface area contributed by atoms with Gasteiger partial charge < -0.3 is 11.1 Å². The third-order valence-electron chi connectivity index (χ3n) is 5.12. The van der Waals surface area contributed by atoms with Gasteiger partial charge in [0.15, 0.2) is 0 Å². The number of carbonyl (C=O) groups excluding carboxylic acids is 2. The molecule has 1 aliphatic rings. The molecule has 136 valence electrons. The normalized spacial score (nSPS) is 19.7. The molecule has 5 heteroatoms. The number of amides is 2. The summed E-state index contributed by atoms with van der Waals surface area (Å²) in [5.41, 5.74) is 7.86. The standard InChI is InChI=1S/C21H23ClN2O2/c22-18-9-11-19(12-10-18)24-20(25)13-14-1-3-15(4-2-14)16-5-7-17(8-6-16)21(23)26/h5-12,14-15H,1-4,13H2,(H2,23,26)(H,24,25)/t14-,15+. The number of benzene rings is 2. The SMILES string of the molecule is NC(=O)c1ccc([C@H]2CC[C@@H](CC(=O)Nc3ccc(Cl)cc3)CC2)cc1. The van der Waals surface area contributed by atoms with Crippen molar-refractivity contribution in [1.29, 1.82) is 0 Å². The van der Waals surface area contributed by atoms with E-state index in [4.69, 9.17) is 17.3 Å². The van der Waals surface area contributed by atoms with Gasteiger partial charge in [-0.1, -0.05) is 23.7 Å². The molecule has 2 amide bonds. The van der Waals surface area contributed by atoms with Crippen molar-refractivity contribution in [2.24, 2.45) is 11.7 Å². The van der Waals surface area contributed by atoms with Gasteiger partial charge >= 0.3 is 0 Å². The van der Waals surface area contributed by atoms with Gasteiger partial charge in [-0.2, -0.15) is 0 Å². The molecule has 0 aromatic heterocycles. The number of hydrogen-bond donors (Lipinski definition) is 2. The predicted octanol–water partition coefficient (Wildman–Crippen LogP) is 4.74. The highest BCUT2D eigenvalue weighted by atomic mass is 35.5. The number of hydrogen-bond acceptors (Lipinski definition) is 2. The van der Waals surface area contributed by atoms with E-state index in [1.54, 1.807) is 24.3 Å². The molecule has 0 aliphatic heterocycles. The van der Waals surface area contributed by atoms with Gasteiger partial charge in [-0.3, -0.25) is 9.59 Å². The first-order valence-corrected chi connectivity index (χ1v) is 9.34. The van der Waals surface area contributed by atoms with Crippen molar-refractivity contribution in [2.75, 3.05) is 5.32 Å². The largest absolute Gasteiger partial charge is 0.366 e. The second kappa shape index (κ2) is 8.37. The molecular weight excluding hydrogens is 348 g/mol. The Balaban J connectivity index is 1.48. The summed E-state index contributed by atoms with van der Waals surface area (Å²) in [6.07, 6.45) is 4.76. The molecule has 0 atom stereocenters. The first-order chi connectivity index (χ1) is 12.5.